The second kappa shape index (κ2) is 9.52. The van der Waals surface area contributed by atoms with Gasteiger partial charge in [-0.1, -0.05) is 25.7 Å². The number of hydrogen-bond acceptors (Lipinski definition) is 2. The molecule has 0 aliphatic rings. The summed E-state index contributed by atoms with van der Waals surface area (Å²) in [6.45, 7) is 9.85. The van der Waals surface area contributed by atoms with Gasteiger partial charge in [-0.3, -0.25) is 0 Å². The van der Waals surface area contributed by atoms with Crippen molar-refractivity contribution in [2.45, 2.75) is 27.2 Å². The number of nitrogens with one attached hydrogen (secondary N) is 1. The highest BCUT2D eigenvalue weighted by molar-refractivity contribution is 5.24. The van der Waals surface area contributed by atoms with Gasteiger partial charge in [-0.2, -0.15) is 0 Å². The third kappa shape index (κ3) is 7.23. The Kier molecular flexibility index (Phi) is 8.57. The maximum Gasteiger partial charge on any atom is 0.122 e. The van der Waals surface area contributed by atoms with Crippen molar-refractivity contribution >= 4 is 0 Å². The molecule has 0 aliphatic heterocycles. The van der Waals surface area contributed by atoms with E-state index in [2.05, 4.69) is 24.9 Å². The van der Waals surface area contributed by atoms with E-state index in [1.54, 1.807) is 0 Å². The maximum absolute atomic E-state index is 5.58. The van der Waals surface area contributed by atoms with E-state index in [1.807, 2.05) is 51.3 Å². The number of ether oxygens (including phenoxy) is 1. The van der Waals surface area contributed by atoms with Crippen molar-refractivity contribution in [1.29, 1.82) is 0 Å². The molecular formula is C15H23NO. The topological polar surface area (TPSA) is 21.3 Å². The first-order valence-corrected chi connectivity index (χ1v) is 5.89. The molecule has 2 heteroatoms. The van der Waals surface area contributed by atoms with Crippen LogP contribution in [0, 0.1) is 0 Å². The lowest BCUT2D eigenvalue weighted by Crippen LogP contribution is -2.02. The molecule has 0 saturated heterocycles. The Labute approximate surface area is 105 Å². The van der Waals surface area contributed by atoms with Gasteiger partial charge < -0.3 is 10.1 Å². The molecule has 0 aromatic rings. The Morgan fingerprint density at radius 3 is 2.35 bits per heavy atom. The van der Waals surface area contributed by atoms with Crippen LogP contribution in [-0.2, 0) is 4.74 Å². The minimum Gasteiger partial charge on any atom is -0.458 e. The average Bonchev–Trinajstić information content (AvgIpc) is 2.35. The molecule has 0 radical (unpaired) electrons. The zero-order valence-corrected chi connectivity index (χ0v) is 11.3. The van der Waals surface area contributed by atoms with Crippen LogP contribution in [0.25, 0.3) is 0 Å². The molecule has 0 spiro atoms. The second-order valence-electron chi connectivity index (χ2n) is 3.40. The van der Waals surface area contributed by atoms with Crippen molar-refractivity contribution in [3.63, 3.8) is 0 Å². The lowest BCUT2D eigenvalue weighted by molar-refractivity contribution is 0.337. The van der Waals surface area contributed by atoms with Gasteiger partial charge in [0.1, 0.15) is 11.5 Å². The van der Waals surface area contributed by atoms with E-state index in [1.165, 1.54) is 0 Å². The highest BCUT2D eigenvalue weighted by Crippen LogP contribution is 2.08. The van der Waals surface area contributed by atoms with E-state index in [9.17, 15) is 0 Å². The van der Waals surface area contributed by atoms with Crippen LogP contribution in [0.5, 0.6) is 0 Å². The fraction of sp³-hybridized carbons (Fsp3) is 0.333. The minimum absolute atomic E-state index is 0.619. The van der Waals surface area contributed by atoms with E-state index in [0.717, 1.165) is 17.9 Å². The standard InChI is InChI=1S/C15H23NO/c1-6-9-10-15(8-3)17-13(4)11-12-14(7-2)16-5/h7-12,16H,4,6H2,1-3,5H3/b10-9?,12-11-,14-7+,15-8+. The molecule has 0 heterocycles. The van der Waals surface area contributed by atoms with Crippen LogP contribution in [0.1, 0.15) is 27.2 Å². The summed E-state index contributed by atoms with van der Waals surface area (Å²) in [4.78, 5) is 0. The van der Waals surface area contributed by atoms with Gasteiger partial charge in [0, 0.05) is 12.7 Å². The first kappa shape index (κ1) is 15.3. The van der Waals surface area contributed by atoms with Crippen LogP contribution in [0.2, 0.25) is 0 Å². The molecule has 0 aromatic heterocycles. The molecule has 0 saturated carbocycles. The van der Waals surface area contributed by atoms with Gasteiger partial charge in [0.05, 0.1) is 0 Å². The highest BCUT2D eigenvalue weighted by Gasteiger charge is 1.94. The van der Waals surface area contributed by atoms with E-state index < -0.39 is 0 Å². The molecule has 1 N–H and O–H groups in total. The van der Waals surface area contributed by atoms with Gasteiger partial charge in [0.2, 0.25) is 0 Å². The van der Waals surface area contributed by atoms with E-state index in [0.29, 0.717) is 5.76 Å². The maximum atomic E-state index is 5.58. The third-order valence-electron chi connectivity index (χ3n) is 2.10. The molecule has 2 nitrogen and oxygen atoms in total. The van der Waals surface area contributed by atoms with Crippen LogP contribution < -0.4 is 5.32 Å². The fourth-order valence-corrected chi connectivity index (χ4v) is 1.12. The van der Waals surface area contributed by atoms with E-state index >= 15 is 0 Å². The Morgan fingerprint density at radius 2 is 1.88 bits per heavy atom. The van der Waals surface area contributed by atoms with Crippen LogP contribution >= 0.6 is 0 Å². The monoisotopic (exact) mass is 233 g/mol. The molecule has 0 fully saturated rings. The molecule has 0 aromatic carbocycles. The third-order valence-corrected chi connectivity index (χ3v) is 2.10. The molecule has 0 unspecified atom stereocenters. The van der Waals surface area contributed by atoms with Gasteiger partial charge >= 0.3 is 0 Å². The molecule has 94 valence electrons. The summed E-state index contributed by atoms with van der Waals surface area (Å²) in [7, 11) is 1.88. The van der Waals surface area contributed by atoms with Crippen molar-refractivity contribution < 1.29 is 4.74 Å². The van der Waals surface area contributed by atoms with Gasteiger partial charge in [-0.25, -0.2) is 0 Å². The normalized spacial score (nSPS) is 13.4. The summed E-state index contributed by atoms with van der Waals surface area (Å²) in [5.41, 5.74) is 1.03. The van der Waals surface area contributed by atoms with E-state index in [4.69, 9.17) is 4.74 Å². The molecular weight excluding hydrogens is 210 g/mol. The minimum atomic E-state index is 0.619. The lowest BCUT2D eigenvalue weighted by Gasteiger charge is -2.06. The number of allylic oxidation sites excluding steroid dienone is 6. The van der Waals surface area contributed by atoms with Crippen LogP contribution in [-0.4, -0.2) is 7.05 Å². The number of rotatable bonds is 7. The predicted octanol–water partition coefficient (Wildman–Crippen LogP) is 4.07. The summed E-state index contributed by atoms with van der Waals surface area (Å²) in [6, 6.07) is 0. The molecule has 0 bridgehead atoms. The number of hydrogen-bond donors (Lipinski definition) is 1. The van der Waals surface area contributed by atoms with Gasteiger partial charge in [-0.15, -0.1) is 0 Å². The fourth-order valence-electron chi connectivity index (χ4n) is 1.12. The summed E-state index contributed by atoms with van der Waals surface area (Å²) < 4.78 is 5.58. The Balaban J connectivity index is 4.40. The van der Waals surface area contributed by atoms with Crippen LogP contribution in [0.3, 0.4) is 0 Å². The lowest BCUT2D eigenvalue weighted by atomic mass is 10.3. The van der Waals surface area contributed by atoms with Crippen molar-refractivity contribution in [1.82, 2.24) is 5.32 Å². The SMILES string of the molecule is C=C(/C=C\C(=C/C)NC)O/C(C=CCC)=C/C. The molecule has 0 rings (SSSR count). The molecule has 17 heavy (non-hydrogen) atoms. The van der Waals surface area contributed by atoms with Crippen molar-refractivity contribution in [2.75, 3.05) is 7.05 Å². The largest absolute Gasteiger partial charge is 0.458 e. The van der Waals surface area contributed by atoms with Gasteiger partial charge in [-0.05, 0) is 44.6 Å². The van der Waals surface area contributed by atoms with Gasteiger partial charge in [0.25, 0.3) is 0 Å². The van der Waals surface area contributed by atoms with E-state index in [-0.39, 0.29) is 0 Å². The second-order valence-corrected chi connectivity index (χ2v) is 3.40. The smallest absolute Gasteiger partial charge is 0.122 e. The summed E-state index contributed by atoms with van der Waals surface area (Å²) in [5, 5.41) is 3.06. The van der Waals surface area contributed by atoms with Crippen LogP contribution in [0.15, 0.2) is 60.3 Å². The molecule has 0 atom stereocenters. The summed E-state index contributed by atoms with van der Waals surface area (Å²) in [5.74, 6) is 1.43. The van der Waals surface area contributed by atoms with Crippen LogP contribution in [0.4, 0.5) is 0 Å². The van der Waals surface area contributed by atoms with Crippen molar-refractivity contribution in [2.24, 2.45) is 0 Å². The Hall–Kier alpha value is -1.70. The van der Waals surface area contributed by atoms with Gasteiger partial charge in [0.15, 0.2) is 0 Å². The summed E-state index contributed by atoms with van der Waals surface area (Å²) in [6.07, 6.45) is 12.7. The zero-order valence-electron chi connectivity index (χ0n) is 11.3. The Bertz CT molecular complexity index is 346. The highest BCUT2D eigenvalue weighted by atomic mass is 16.5. The predicted molar refractivity (Wildman–Crippen MR) is 75.4 cm³/mol. The molecule has 0 amide bonds. The summed E-state index contributed by atoms with van der Waals surface area (Å²) >= 11 is 0. The zero-order chi connectivity index (χ0) is 13.1. The average molecular weight is 233 g/mol. The first-order valence-electron chi connectivity index (χ1n) is 5.89. The first-order chi connectivity index (χ1) is 8.17. The van der Waals surface area contributed by atoms with Crippen molar-refractivity contribution in [3.8, 4) is 0 Å². The quantitative estimate of drug-likeness (QED) is 0.529. The number of likely N-dealkylation sites (N-methyl/N-ethyl adjacent to an activating group) is 1. The van der Waals surface area contributed by atoms with Crippen molar-refractivity contribution in [3.05, 3.63) is 60.3 Å². The Morgan fingerprint density at radius 1 is 1.18 bits per heavy atom. The molecule has 0 aliphatic carbocycles.